The molecule has 1 aromatic carbocycles. The van der Waals surface area contributed by atoms with Crippen LogP contribution in [0.5, 0.6) is 0 Å². The lowest BCUT2D eigenvalue weighted by Gasteiger charge is -2.38. The zero-order chi connectivity index (χ0) is 22.8. The van der Waals surface area contributed by atoms with E-state index in [1.54, 1.807) is 0 Å². The summed E-state index contributed by atoms with van der Waals surface area (Å²) in [5.41, 5.74) is 3.82. The van der Waals surface area contributed by atoms with Gasteiger partial charge in [0.1, 0.15) is 0 Å². The van der Waals surface area contributed by atoms with Crippen LogP contribution in [0.2, 0.25) is 0 Å². The molecule has 1 fully saturated rings. The highest BCUT2D eigenvalue weighted by atomic mass is 19.3. The average molecular weight is 424 g/mol. The van der Waals surface area contributed by atoms with Gasteiger partial charge in [-0.05, 0) is 30.2 Å². The van der Waals surface area contributed by atoms with Crippen molar-refractivity contribution < 1.29 is 18.3 Å². The Kier molecular flexibility index (Phi) is 6.23. The minimum atomic E-state index is -3.12. The van der Waals surface area contributed by atoms with E-state index in [9.17, 15) is 13.6 Å². The summed E-state index contributed by atoms with van der Waals surface area (Å²) < 4.78 is 32.2. The fourth-order valence-electron chi connectivity index (χ4n) is 3.27. The second-order valence-corrected chi connectivity index (χ2v) is 8.16. The molecule has 6 heteroatoms. The zero-order valence-electron chi connectivity index (χ0n) is 18.0. The Balaban J connectivity index is 1.87. The first-order valence-electron chi connectivity index (χ1n) is 9.91. The molecule has 1 N–H and O–H groups in total. The summed E-state index contributed by atoms with van der Waals surface area (Å²) in [6.45, 7) is 13.0. The van der Waals surface area contributed by atoms with Gasteiger partial charge in [-0.15, -0.1) is 0 Å². The summed E-state index contributed by atoms with van der Waals surface area (Å²) in [6.07, 6.45) is 3.79. The first-order valence-corrected chi connectivity index (χ1v) is 9.91. The maximum absolute atomic E-state index is 13.4. The Labute approximate surface area is 181 Å². The van der Waals surface area contributed by atoms with Gasteiger partial charge in [0.2, 0.25) is 0 Å². The topological polar surface area (TPSA) is 51.2 Å². The number of benzene rings is 1. The third-order valence-corrected chi connectivity index (χ3v) is 5.43. The Hall–Kier alpha value is -3.12. The Bertz CT molecular complexity index is 1060. The molecular weight excluding hydrogens is 398 g/mol. The molecule has 1 aliphatic rings. The number of nitrogens with one attached hydrogen (secondary N) is 1. The van der Waals surface area contributed by atoms with Gasteiger partial charge in [-0.2, -0.15) is 0 Å². The van der Waals surface area contributed by atoms with Crippen LogP contribution in [0.3, 0.4) is 0 Å². The minimum Gasteiger partial charge on any atom is -0.379 e. The first-order chi connectivity index (χ1) is 14.5. The van der Waals surface area contributed by atoms with Gasteiger partial charge in [-0.3, -0.25) is 9.78 Å². The van der Waals surface area contributed by atoms with Crippen LogP contribution in [0.25, 0.3) is 11.1 Å². The van der Waals surface area contributed by atoms with E-state index in [0.717, 1.165) is 29.8 Å². The molecule has 0 radical (unpaired) electrons. The lowest BCUT2D eigenvalue weighted by atomic mass is 9.80. The van der Waals surface area contributed by atoms with Crippen molar-refractivity contribution in [3.05, 3.63) is 84.2 Å². The molecule has 4 nitrogen and oxygen atoms in total. The van der Waals surface area contributed by atoms with Crippen molar-refractivity contribution in [1.29, 1.82) is 0 Å². The average Bonchev–Trinajstić information content (AvgIpc) is 2.70. The van der Waals surface area contributed by atoms with Gasteiger partial charge in [-0.1, -0.05) is 50.4 Å². The molecular formula is C25H26F2N2O2. The van der Waals surface area contributed by atoms with E-state index in [0.29, 0.717) is 18.9 Å². The van der Waals surface area contributed by atoms with E-state index in [1.165, 1.54) is 17.8 Å². The molecule has 1 aromatic heterocycles. The minimum absolute atomic E-state index is 0.00341. The van der Waals surface area contributed by atoms with Crippen molar-refractivity contribution in [2.75, 3.05) is 18.5 Å². The maximum atomic E-state index is 13.4. The second kappa shape index (κ2) is 8.55. The molecule has 2 heterocycles. The number of pyridine rings is 1. The fraction of sp³-hybridized carbons (Fsp3) is 0.280. The number of hydrogen-bond acceptors (Lipinski definition) is 3. The highest BCUT2D eigenvalue weighted by Gasteiger charge is 2.35. The highest BCUT2D eigenvalue weighted by Crippen LogP contribution is 2.35. The summed E-state index contributed by atoms with van der Waals surface area (Å²) in [4.78, 5) is 17.0. The maximum Gasteiger partial charge on any atom is 0.269 e. The summed E-state index contributed by atoms with van der Waals surface area (Å²) in [5, 5.41) is 2.71. The number of hydrogen-bond donors (Lipinski definition) is 1. The van der Waals surface area contributed by atoms with Gasteiger partial charge in [-0.25, -0.2) is 8.78 Å². The van der Waals surface area contributed by atoms with E-state index in [1.807, 2.05) is 25.1 Å². The lowest BCUT2D eigenvalue weighted by Crippen LogP contribution is -2.43. The molecule has 1 saturated heterocycles. The Morgan fingerprint density at radius 3 is 2.61 bits per heavy atom. The fourth-order valence-corrected chi connectivity index (χ4v) is 3.27. The number of nitrogens with zero attached hydrogens (tertiary/aromatic N) is 1. The van der Waals surface area contributed by atoms with Crippen LogP contribution in [0.15, 0.2) is 73.0 Å². The molecule has 1 aliphatic heterocycles. The summed E-state index contributed by atoms with van der Waals surface area (Å²) in [7, 11) is 0. The van der Waals surface area contributed by atoms with Crippen molar-refractivity contribution in [3.8, 4) is 11.1 Å². The molecule has 3 rings (SSSR count). The van der Waals surface area contributed by atoms with Gasteiger partial charge in [0.05, 0.1) is 25.1 Å². The number of alkyl halides is 2. The van der Waals surface area contributed by atoms with E-state index in [2.05, 4.69) is 42.5 Å². The molecule has 0 unspecified atom stereocenters. The van der Waals surface area contributed by atoms with Gasteiger partial charge in [0, 0.05) is 34.7 Å². The quantitative estimate of drug-likeness (QED) is 0.464. The Morgan fingerprint density at radius 2 is 2.03 bits per heavy atom. The number of halogens is 2. The van der Waals surface area contributed by atoms with Crippen LogP contribution < -0.4 is 5.32 Å². The van der Waals surface area contributed by atoms with Crippen LogP contribution in [-0.2, 0) is 14.9 Å². The number of ether oxygens (including phenoxy) is 1. The number of carbonyl (C=O) groups is 1. The van der Waals surface area contributed by atoms with Crippen LogP contribution in [0.4, 0.5) is 14.5 Å². The van der Waals surface area contributed by atoms with Gasteiger partial charge in [0.15, 0.2) is 0 Å². The lowest BCUT2D eigenvalue weighted by molar-refractivity contribution is -0.112. The Morgan fingerprint density at radius 1 is 1.32 bits per heavy atom. The van der Waals surface area contributed by atoms with Crippen molar-refractivity contribution in [2.24, 2.45) is 0 Å². The molecule has 0 aliphatic carbocycles. The SMILES string of the molecule is C=C/C(=C\C(=C)C(C)(F)F)C(=O)Nc1cnc(C)c(-c2cccc(C3(C)COC3)c2)c1. The van der Waals surface area contributed by atoms with Gasteiger partial charge in [0.25, 0.3) is 11.8 Å². The summed E-state index contributed by atoms with van der Waals surface area (Å²) >= 11 is 0. The van der Waals surface area contributed by atoms with Crippen molar-refractivity contribution in [1.82, 2.24) is 4.98 Å². The number of rotatable bonds is 7. The van der Waals surface area contributed by atoms with E-state index < -0.39 is 17.4 Å². The molecule has 2 aromatic rings. The summed E-state index contributed by atoms with van der Waals surface area (Å²) in [6, 6.07) is 10.00. The monoisotopic (exact) mass is 424 g/mol. The van der Waals surface area contributed by atoms with Crippen LogP contribution in [0.1, 0.15) is 25.1 Å². The number of aryl methyl sites for hydroxylation is 1. The molecule has 0 saturated carbocycles. The molecule has 1 amide bonds. The molecule has 0 bridgehead atoms. The zero-order valence-corrected chi connectivity index (χ0v) is 18.0. The number of amides is 1. The molecule has 0 spiro atoms. The number of carbonyl (C=O) groups excluding carboxylic acids is 1. The number of allylic oxidation sites excluding steroid dienone is 2. The van der Waals surface area contributed by atoms with E-state index in [-0.39, 0.29) is 11.0 Å². The second-order valence-electron chi connectivity index (χ2n) is 8.16. The van der Waals surface area contributed by atoms with E-state index >= 15 is 0 Å². The summed E-state index contributed by atoms with van der Waals surface area (Å²) in [5.74, 6) is -3.69. The van der Waals surface area contributed by atoms with Crippen LogP contribution in [0, 0.1) is 6.92 Å². The molecule has 0 atom stereocenters. The largest absolute Gasteiger partial charge is 0.379 e. The van der Waals surface area contributed by atoms with Crippen LogP contribution in [-0.4, -0.2) is 30.0 Å². The van der Waals surface area contributed by atoms with Gasteiger partial charge < -0.3 is 10.1 Å². The molecule has 31 heavy (non-hydrogen) atoms. The van der Waals surface area contributed by atoms with Crippen molar-refractivity contribution in [3.63, 3.8) is 0 Å². The predicted octanol–water partition coefficient (Wildman–Crippen LogP) is 5.61. The predicted molar refractivity (Wildman–Crippen MR) is 119 cm³/mol. The van der Waals surface area contributed by atoms with Crippen molar-refractivity contribution >= 4 is 11.6 Å². The number of anilines is 1. The van der Waals surface area contributed by atoms with E-state index in [4.69, 9.17) is 4.74 Å². The smallest absolute Gasteiger partial charge is 0.269 e. The third kappa shape index (κ3) is 4.97. The van der Waals surface area contributed by atoms with Crippen LogP contribution >= 0.6 is 0 Å². The number of aromatic nitrogens is 1. The molecule has 162 valence electrons. The third-order valence-electron chi connectivity index (χ3n) is 5.43. The first kappa shape index (κ1) is 22.6. The highest BCUT2D eigenvalue weighted by molar-refractivity contribution is 6.06. The van der Waals surface area contributed by atoms with Crippen molar-refractivity contribution in [2.45, 2.75) is 32.1 Å². The van der Waals surface area contributed by atoms with Gasteiger partial charge >= 0.3 is 0 Å². The standard InChI is InChI=1S/C25H26F2N2O2/c1-6-18(10-16(2)25(5,26)27)23(30)29-21-12-22(17(3)28-13-21)19-8-7-9-20(11-19)24(4)14-31-15-24/h6-13H,1-2,14-15H2,3-5H3,(H,29,30)/b18-10+. The normalized spacial score (nSPS) is 15.7.